The van der Waals surface area contributed by atoms with Gasteiger partial charge in [-0.15, -0.1) is 0 Å². The number of amides is 2. The van der Waals surface area contributed by atoms with Crippen LogP contribution in [-0.2, 0) is 15.0 Å². The van der Waals surface area contributed by atoms with Crippen LogP contribution in [0.1, 0.15) is 63.8 Å². The van der Waals surface area contributed by atoms with Crippen LogP contribution < -0.4 is 5.32 Å². The SMILES string of the molecule is CCCN(CC(=O)Nc1cc(C(C)(C)C)nn1-c1cccc(C)c1C)C(=O)C1CC1. The fourth-order valence-electron chi connectivity index (χ4n) is 3.47. The van der Waals surface area contributed by atoms with E-state index in [1.165, 1.54) is 5.56 Å². The molecule has 1 aliphatic rings. The number of hydrogen-bond acceptors (Lipinski definition) is 3. The van der Waals surface area contributed by atoms with E-state index in [0.29, 0.717) is 12.4 Å². The second-order valence-electron chi connectivity index (χ2n) is 9.38. The summed E-state index contributed by atoms with van der Waals surface area (Å²) < 4.78 is 1.81. The van der Waals surface area contributed by atoms with Crippen molar-refractivity contribution >= 4 is 17.6 Å². The van der Waals surface area contributed by atoms with E-state index in [1.807, 2.05) is 29.8 Å². The molecule has 2 amide bonds. The Bertz CT molecular complexity index is 935. The van der Waals surface area contributed by atoms with Crippen molar-refractivity contribution in [2.75, 3.05) is 18.4 Å². The second-order valence-corrected chi connectivity index (χ2v) is 9.38. The van der Waals surface area contributed by atoms with E-state index < -0.39 is 0 Å². The molecule has 0 saturated heterocycles. The van der Waals surface area contributed by atoms with Crippen molar-refractivity contribution in [3.8, 4) is 5.69 Å². The van der Waals surface area contributed by atoms with Gasteiger partial charge < -0.3 is 10.2 Å². The Labute approximate surface area is 179 Å². The average Bonchev–Trinajstić information content (AvgIpc) is 3.43. The van der Waals surface area contributed by atoms with E-state index in [1.54, 1.807) is 4.90 Å². The fourth-order valence-corrected chi connectivity index (χ4v) is 3.47. The number of rotatable bonds is 7. The van der Waals surface area contributed by atoms with Crippen molar-refractivity contribution < 1.29 is 9.59 Å². The molecule has 0 atom stereocenters. The van der Waals surface area contributed by atoms with Crippen molar-refractivity contribution in [3.63, 3.8) is 0 Å². The van der Waals surface area contributed by atoms with Crippen molar-refractivity contribution in [2.24, 2.45) is 5.92 Å². The Morgan fingerprint density at radius 1 is 1.23 bits per heavy atom. The van der Waals surface area contributed by atoms with Crippen molar-refractivity contribution in [1.29, 1.82) is 0 Å². The Kier molecular flexibility index (Phi) is 6.34. The van der Waals surface area contributed by atoms with Gasteiger partial charge in [0.05, 0.1) is 17.9 Å². The molecule has 1 fully saturated rings. The summed E-state index contributed by atoms with van der Waals surface area (Å²) in [6, 6.07) is 8.01. The molecule has 1 aromatic heterocycles. The van der Waals surface area contributed by atoms with Gasteiger partial charge in [-0.1, -0.05) is 39.8 Å². The number of aryl methyl sites for hydroxylation is 1. The molecule has 1 N–H and O–H groups in total. The highest BCUT2D eigenvalue weighted by Crippen LogP contribution is 2.31. The highest BCUT2D eigenvalue weighted by molar-refractivity contribution is 5.94. The molecule has 162 valence electrons. The fraction of sp³-hybridized carbons (Fsp3) is 0.542. The normalized spacial score (nSPS) is 13.9. The molecule has 2 aromatic rings. The standard InChI is InChI=1S/C24H34N4O2/c1-7-13-27(23(30)18-11-12-18)15-22(29)25-21-14-20(24(4,5)6)26-28(21)19-10-8-9-16(2)17(19)3/h8-10,14,18H,7,11-13,15H2,1-6H3,(H,25,29). The van der Waals surface area contributed by atoms with Gasteiger partial charge in [-0.2, -0.15) is 5.10 Å². The number of hydrogen-bond donors (Lipinski definition) is 1. The molecule has 0 radical (unpaired) electrons. The number of benzene rings is 1. The predicted octanol–water partition coefficient (Wildman–Crippen LogP) is 4.37. The Morgan fingerprint density at radius 3 is 2.53 bits per heavy atom. The van der Waals surface area contributed by atoms with Gasteiger partial charge in [0, 0.05) is 23.9 Å². The topological polar surface area (TPSA) is 67.2 Å². The van der Waals surface area contributed by atoms with E-state index in [9.17, 15) is 9.59 Å². The highest BCUT2D eigenvalue weighted by Gasteiger charge is 2.34. The Hall–Kier alpha value is -2.63. The summed E-state index contributed by atoms with van der Waals surface area (Å²) in [6.45, 7) is 13.1. The predicted molar refractivity (Wildman–Crippen MR) is 120 cm³/mol. The first-order valence-electron chi connectivity index (χ1n) is 10.9. The van der Waals surface area contributed by atoms with E-state index in [-0.39, 0.29) is 29.7 Å². The lowest BCUT2D eigenvalue weighted by Gasteiger charge is -2.21. The molecular formula is C24H34N4O2. The average molecular weight is 411 g/mol. The number of carbonyl (C=O) groups is 2. The van der Waals surface area contributed by atoms with Crippen LogP contribution in [0.15, 0.2) is 24.3 Å². The first-order chi connectivity index (χ1) is 14.1. The van der Waals surface area contributed by atoms with Crippen LogP contribution in [0.5, 0.6) is 0 Å². The van der Waals surface area contributed by atoms with Crippen LogP contribution in [0, 0.1) is 19.8 Å². The third kappa shape index (κ3) is 4.91. The number of anilines is 1. The van der Waals surface area contributed by atoms with E-state index >= 15 is 0 Å². The largest absolute Gasteiger partial charge is 0.333 e. The summed E-state index contributed by atoms with van der Waals surface area (Å²) in [5, 5.41) is 7.84. The van der Waals surface area contributed by atoms with Crippen LogP contribution in [-0.4, -0.2) is 39.6 Å². The molecule has 0 bridgehead atoms. The molecule has 1 aliphatic carbocycles. The number of aromatic nitrogens is 2. The van der Waals surface area contributed by atoms with Gasteiger partial charge in [0.2, 0.25) is 11.8 Å². The lowest BCUT2D eigenvalue weighted by atomic mass is 9.92. The quantitative estimate of drug-likeness (QED) is 0.737. The molecule has 0 aliphatic heterocycles. The lowest BCUT2D eigenvalue weighted by Crippen LogP contribution is -2.39. The Morgan fingerprint density at radius 2 is 1.93 bits per heavy atom. The minimum atomic E-state index is -0.190. The zero-order chi connectivity index (χ0) is 22.1. The maximum absolute atomic E-state index is 12.9. The molecular weight excluding hydrogens is 376 g/mol. The Balaban J connectivity index is 1.88. The van der Waals surface area contributed by atoms with Gasteiger partial charge in [-0.25, -0.2) is 4.68 Å². The molecule has 6 nitrogen and oxygen atoms in total. The van der Waals surface area contributed by atoms with Gasteiger partial charge in [-0.3, -0.25) is 9.59 Å². The smallest absolute Gasteiger partial charge is 0.245 e. The van der Waals surface area contributed by atoms with Crippen LogP contribution in [0.4, 0.5) is 5.82 Å². The molecule has 30 heavy (non-hydrogen) atoms. The van der Waals surface area contributed by atoms with E-state index in [2.05, 4.69) is 46.0 Å². The summed E-state index contributed by atoms with van der Waals surface area (Å²) in [4.78, 5) is 27.1. The number of nitrogens with one attached hydrogen (secondary N) is 1. The van der Waals surface area contributed by atoms with Crippen LogP contribution in [0.2, 0.25) is 0 Å². The lowest BCUT2D eigenvalue weighted by molar-refractivity contribution is -0.135. The van der Waals surface area contributed by atoms with Gasteiger partial charge in [0.1, 0.15) is 5.82 Å². The van der Waals surface area contributed by atoms with E-state index in [4.69, 9.17) is 5.10 Å². The second kappa shape index (κ2) is 8.62. The van der Waals surface area contributed by atoms with E-state index in [0.717, 1.165) is 36.2 Å². The molecule has 3 rings (SSSR count). The van der Waals surface area contributed by atoms with Crippen LogP contribution in [0.3, 0.4) is 0 Å². The van der Waals surface area contributed by atoms with Gasteiger partial charge in [-0.05, 0) is 50.3 Å². The third-order valence-electron chi connectivity index (χ3n) is 5.62. The number of nitrogens with zero attached hydrogens (tertiary/aromatic N) is 3. The zero-order valence-electron chi connectivity index (χ0n) is 19.1. The van der Waals surface area contributed by atoms with Crippen molar-refractivity contribution in [3.05, 3.63) is 41.1 Å². The summed E-state index contributed by atoms with van der Waals surface area (Å²) in [5.74, 6) is 0.654. The molecule has 1 heterocycles. The first-order valence-corrected chi connectivity index (χ1v) is 10.9. The first kappa shape index (κ1) is 22.1. The van der Waals surface area contributed by atoms with Gasteiger partial charge in [0.15, 0.2) is 0 Å². The molecule has 0 spiro atoms. The van der Waals surface area contributed by atoms with Gasteiger partial charge >= 0.3 is 0 Å². The monoisotopic (exact) mass is 410 g/mol. The minimum Gasteiger partial charge on any atom is -0.333 e. The molecule has 6 heteroatoms. The third-order valence-corrected chi connectivity index (χ3v) is 5.62. The number of carbonyl (C=O) groups excluding carboxylic acids is 2. The minimum absolute atomic E-state index is 0.0754. The maximum atomic E-state index is 12.9. The van der Waals surface area contributed by atoms with Crippen LogP contribution >= 0.6 is 0 Å². The van der Waals surface area contributed by atoms with Crippen molar-refractivity contribution in [2.45, 2.75) is 66.2 Å². The highest BCUT2D eigenvalue weighted by atomic mass is 16.2. The molecule has 1 saturated carbocycles. The van der Waals surface area contributed by atoms with Crippen molar-refractivity contribution in [1.82, 2.24) is 14.7 Å². The summed E-state index contributed by atoms with van der Waals surface area (Å²) in [5.41, 5.74) is 3.98. The summed E-state index contributed by atoms with van der Waals surface area (Å²) in [7, 11) is 0. The van der Waals surface area contributed by atoms with Gasteiger partial charge in [0.25, 0.3) is 0 Å². The molecule has 1 aromatic carbocycles. The summed E-state index contributed by atoms with van der Waals surface area (Å²) >= 11 is 0. The maximum Gasteiger partial charge on any atom is 0.245 e. The van der Waals surface area contributed by atoms with Crippen LogP contribution in [0.25, 0.3) is 5.69 Å². The zero-order valence-corrected chi connectivity index (χ0v) is 19.1. The molecule has 0 unspecified atom stereocenters. The summed E-state index contributed by atoms with van der Waals surface area (Å²) in [6.07, 6.45) is 2.71.